The molecule has 0 aliphatic carbocycles. The molecule has 0 bridgehead atoms. The zero-order chi connectivity index (χ0) is 74.6. The van der Waals surface area contributed by atoms with Crippen LogP contribution in [0.5, 0.6) is 0 Å². The number of hydrogen-bond donors (Lipinski definition) is 3. The topological polar surface area (TPSA) is 237 Å². The van der Waals surface area contributed by atoms with Gasteiger partial charge in [-0.15, -0.1) is 0 Å². The van der Waals surface area contributed by atoms with Crippen LogP contribution in [0.2, 0.25) is 0 Å². The molecular weight excluding hydrogens is 1330 g/mol. The van der Waals surface area contributed by atoms with Gasteiger partial charge >= 0.3 is 39.5 Å². The molecule has 102 heavy (non-hydrogen) atoms. The highest BCUT2D eigenvalue weighted by Crippen LogP contribution is 2.45. The molecule has 17 nitrogen and oxygen atoms in total. The van der Waals surface area contributed by atoms with Crippen LogP contribution >= 0.6 is 15.6 Å². The maximum atomic E-state index is 13.1. The molecule has 3 N–H and O–H groups in total. The third kappa shape index (κ3) is 74.0. The van der Waals surface area contributed by atoms with Crippen molar-refractivity contribution < 1.29 is 80.2 Å². The second-order valence-corrected chi connectivity index (χ2v) is 29.5. The number of hydrogen-bond acceptors (Lipinski definition) is 15. The average molecular weight is 1480 g/mol. The summed E-state index contributed by atoms with van der Waals surface area (Å²) in [5.41, 5.74) is 0. The summed E-state index contributed by atoms with van der Waals surface area (Å²) < 4.78 is 68.6. The molecule has 0 aromatic carbocycles. The Morgan fingerprint density at radius 1 is 0.284 bits per heavy atom. The summed E-state index contributed by atoms with van der Waals surface area (Å²) >= 11 is 0. The van der Waals surface area contributed by atoms with Crippen LogP contribution in [0.1, 0.15) is 336 Å². The first kappa shape index (κ1) is 97.7. The van der Waals surface area contributed by atoms with E-state index in [-0.39, 0.29) is 25.7 Å². The van der Waals surface area contributed by atoms with Gasteiger partial charge in [0.05, 0.1) is 26.4 Å². The van der Waals surface area contributed by atoms with Crippen LogP contribution in [-0.2, 0) is 65.4 Å². The van der Waals surface area contributed by atoms with E-state index in [4.69, 9.17) is 37.0 Å². The molecule has 0 aliphatic rings. The largest absolute Gasteiger partial charge is 0.472 e. The third-order valence-electron chi connectivity index (χ3n) is 16.7. The summed E-state index contributed by atoms with van der Waals surface area (Å²) in [6.07, 6.45) is 80.6. The molecule has 0 saturated heterocycles. The van der Waals surface area contributed by atoms with Crippen molar-refractivity contribution in [1.29, 1.82) is 0 Å². The van der Waals surface area contributed by atoms with Crippen molar-refractivity contribution in [2.75, 3.05) is 39.6 Å². The SMILES string of the molecule is CC/C=C\C/C=C\C/C=C\CCCCCCCCCC(=O)OCC(COP(=O)(O)OCC(O)COP(=O)(O)OCC(COC(=O)CCCCCCCC/C=C\C/C=C\C/C=C\CCCCC)OC(=O)CCCCCCC/C=C\C/C=C\C/C=C\CC)OC(=O)CCCCCCCCCCCCC. The zero-order valence-electron chi connectivity index (χ0n) is 64.3. The molecule has 5 atom stereocenters. The Labute approximate surface area is 619 Å². The highest BCUT2D eigenvalue weighted by atomic mass is 31.2. The van der Waals surface area contributed by atoms with Gasteiger partial charge in [0.25, 0.3) is 0 Å². The van der Waals surface area contributed by atoms with E-state index in [9.17, 15) is 43.2 Å². The molecule has 0 aromatic heterocycles. The highest BCUT2D eigenvalue weighted by molar-refractivity contribution is 7.47. The van der Waals surface area contributed by atoms with Crippen molar-refractivity contribution in [2.24, 2.45) is 0 Å². The van der Waals surface area contributed by atoms with Gasteiger partial charge in [0.15, 0.2) is 12.2 Å². The van der Waals surface area contributed by atoms with Crippen LogP contribution in [0.3, 0.4) is 0 Å². The molecule has 0 saturated carbocycles. The standard InChI is InChI=1S/C83H144O17P2/c1-5-9-13-17-21-25-29-32-35-37-38-40-43-45-49-52-56-60-64-68-81(86)94-74-79(100-83(88)70-66-62-58-54-50-46-41-34-31-27-23-19-15-11-7-3)76-98-102(91,92)96-72-77(84)71-95-101(89,90)97-75-78(99-82(87)69-65-61-57-53-47-28-24-20-16-12-8-4)73-93-80(85)67-63-59-55-51-48-44-42-39-36-33-30-26-22-18-14-10-6-2/h10-11,14-15,21-23,25-27,32-36,38,40-41,77-79,84H,5-9,12-13,16-20,24,28-31,37,39,42-76H2,1-4H3,(H,89,90)(H,91,92)/b14-10-,15-11-,25-21-,26-22-,27-23-,35-32-,36-33-,40-38-,41-34-. The number of phosphoric acid groups is 2. The first-order chi connectivity index (χ1) is 49.7. The fraction of sp³-hybridized carbons (Fsp3) is 0.735. The maximum absolute atomic E-state index is 13.1. The maximum Gasteiger partial charge on any atom is 0.472 e. The van der Waals surface area contributed by atoms with Crippen LogP contribution in [0.4, 0.5) is 0 Å². The second-order valence-electron chi connectivity index (χ2n) is 26.6. The van der Waals surface area contributed by atoms with E-state index in [1.165, 1.54) is 57.8 Å². The Hall–Kier alpha value is -4.28. The predicted octanol–water partition coefficient (Wildman–Crippen LogP) is 23.3. The molecule has 0 heterocycles. The lowest BCUT2D eigenvalue weighted by Crippen LogP contribution is -2.30. The van der Waals surface area contributed by atoms with Crippen molar-refractivity contribution in [1.82, 2.24) is 0 Å². The second kappa shape index (κ2) is 75.0. The van der Waals surface area contributed by atoms with Gasteiger partial charge in [0.1, 0.15) is 19.3 Å². The normalized spacial score (nSPS) is 14.5. The minimum atomic E-state index is -4.98. The molecule has 588 valence electrons. The number of unbranched alkanes of at least 4 members (excludes halogenated alkanes) is 31. The quantitative estimate of drug-likeness (QED) is 0.0169. The van der Waals surface area contributed by atoms with Gasteiger partial charge < -0.3 is 33.8 Å². The van der Waals surface area contributed by atoms with Crippen molar-refractivity contribution in [3.8, 4) is 0 Å². The molecule has 0 rings (SSSR count). The predicted molar refractivity (Wildman–Crippen MR) is 418 cm³/mol. The molecular formula is C83H144O17P2. The van der Waals surface area contributed by atoms with Crippen molar-refractivity contribution in [3.63, 3.8) is 0 Å². The molecule has 0 spiro atoms. The summed E-state index contributed by atoms with van der Waals surface area (Å²) in [6.45, 7) is 4.61. The number of esters is 4. The minimum absolute atomic E-state index is 0.0719. The summed E-state index contributed by atoms with van der Waals surface area (Å²) in [5.74, 6) is -2.20. The zero-order valence-corrected chi connectivity index (χ0v) is 66.0. The van der Waals surface area contributed by atoms with Crippen LogP contribution in [0.15, 0.2) is 109 Å². The number of carbonyl (C=O) groups is 4. The van der Waals surface area contributed by atoms with E-state index in [1.54, 1.807) is 0 Å². The Bertz CT molecular complexity index is 2360. The van der Waals surface area contributed by atoms with Gasteiger partial charge in [0, 0.05) is 25.7 Å². The van der Waals surface area contributed by atoms with Gasteiger partial charge in [-0.3, -0.25) is 37.3 Å². The first-order valence-electron chi connectivity index (χ1n) is 40.1. The number of ether oxygens (including phenoxy) is 4. The fourth-order valence-electron chi connectivity index (χ4n) is 10.7. The van der Waals surface area contributed by atoms with E-state index in [1.807, 2.05) is 0 Å². The summed E-state index contributed by atoms with van der Waals surface area (Å²) in [7, 11) is -9.96. The first-order valence-corrected chi connectivity index (χ1v) is 43.1. The molecule has 0 aliphatic heterocycles. The van der Waals surface area contributed by atoms with E-state index in [0.717, 1.165) is 199 Å². The summed E-state index contributed by atoms with van der Waals surface area (Å²) in [4.78, 5) is 73.0. The monoisotopic (exact) mass is 1470 g/mol. The smallest absolute Gasteiger partial charge is 0.462 e. The van der Waals surface area contributed by atoms with E-state index in [2.05, 4.69) is 137 Å². The molecule has 0 aromatic rings. The number of phosphoric ester groups is 2. The van der Waals surface area contributed by atoms with Crippen LogP contribution in [-0.4, -0.2) is 96.7 Å². The molecule has 0 fully saturated rings. The molecule has 5 unspecified atom stereocenters. The Morgan fingerprint density at radius 2 is 0.510 bits per heavy atom. The number of carbonyl (C=O) groups excluding carboxylic acids is 4. The van der Waals surface area contributed by atoms with Crippen LogP contribution < -0.4 is 0 Å². The highest BCUT2D eigenvalue weighted by Gasteiger charge is 2.30. The van der Waals surface area contributed by atoms with Crippen LogP contribution in [0.25, 0.3) is 0 Å². The average Bonchev–Trinajstić information content (AvgIpc) is 0.926. The Morgan fingerprint density at radius 3 is 0.804 bits per heavy atom. The number of aliphatic hydroxyl groups is 1. The van der Waals surface area contributed by atoms with Gasteiger partial charge in [-0.1, -0.05) is 291 Å². The lowest BCUT2D eigenvalue weighted by molar-refractivity contribution is -0.161. The molecule has 0 radical (unpaired) electrons. The lowest BCUT2D eigenvalue weighted by Gasteiger charge is -2.21. The number of allylic oxidation sites excluding steroid dienone is 18. The Balaban J connectivity index is 5.33. The number of aliphatic hydroxyl groups excluding tert-OH is 1. The number of rotatable bonds is 75. The van der Waals surface area contributed by atoms with Crippen LogP contribution in [0, 0.1) is 0 Å². The Kier molecular flexibility index (Phi) is 71.8. The van der Waals surface area contributed by atoms with Gasteiger partial charge in [0.2, 0.25) is 0 Å². The van der Waals surface area contributed by atoms with E-state index >= 15 is 0 Å². The van der Waals surface area contributed by atoms with Crippen molar-refractivity contribution in [3.05, 3.63) is 109 Å². The van der Waals surface area contributed by atoms with Crippen molar-refractivity contribution >= 4 is 39.5 Å². The summed E-state index contributed by atoms with van der Waals surface area (Å²) in [5, 5.41) is 10.6. The lowest BCUT2D eigenvalue weighted by atomic mass is 10.1. The fourth-order valence-corrected chi connectivity index (χ4v) is 12.2. The summed E-state index contributed by atoms with van der Waals surface area (Å²) in [6, 6.07) is 0. The van der Waals surface area contributed by atoms with Gasteiger partial charge in [-0.25, -0.2) is 9.13 Å². The van der Waals surface area contributed by atoms with E-state index < -0.39 is 97.5 Å². The minimum Gasteiger partial charge on any atom is -0.462 e. The third-order valence-corrected chi connectivity index (χ3v) is 18.6. The van der Waals surface area contributed by atoms with E-state index in [0.29, 0.717) is 25.7 Å². The van der Waals surface area contributed by atoms with Crippen molar-refractivity contribution in [2.45, 2.75) is 354 Å². The molecule has 0 amide bonds. The molecule has 19 heteroatoms. The van der Waals surface area contributed by atoms with Gasteiger partial charge in [-0.2, -0.15) is 0 Å². The van der Waals surface area contributed by atoms with Gasteiger partial charge in [-0.05, 0) is 128 Å².